The van der Waals surface area contributed by atoms with Crippen LogP contribution < -0.4 is 0 Å². The Morgan fingerprint density at radius 2 is 1.68 bits per heavy atom. The fraction of sp³-hybridized carbons (Fsp3) is 0.111. The summed E-state index contributed by atoms with van der Waals surface area (Å²) in [5, 5.41) is 0. The molecule has 0 fully saturated rings. The number of fused-ring (bicyclic) bond motifs is 3. The monoisotopic (exact) mass is 264 g/mol. The zero-order valence-corrected chi connectivity index (χ0v) is 12.1. The molecule has 1 aliphatic rings. The minimum atomic E-state index is 1.25. The van der Waals surface area contributed by atoms with Gasteiger partial charge in [0.2, 0.25) is 0 Å². The highest BCUT2D eigenvalue weighted by Gasteiger charge is 2.19. The van der Waals surface area contributed by atoms with Crippen molar-refractivity contribution in [2.45, 2.75) is 18.7 Å². The Kier molecular flexibility index (Phi) is 3.08. The van der Waals surface area contributed by atoms with Gasteiger partial charge in [0.25, 0.3) is 0 Å². The summed E-state index contributed by atoms with van der Waals surface area (Å²) < 4.78 is 0. The third kappa shape index (κ3) is 1.95. The molecule has 0 radical (unpaired) electrons. The third-order valence-electron chi connectivity index (χ3n) is 3.57. The smallest absolute Gasteiger partial charge is 0.0200 e. The predicted octanol–water partition coefficient (Wildman–Crippen LogP) is 5.68. The molecule has 2 aromatic carbocycles. The van der Waals surface area contributed by atoms with Crippen LogP contribution in [0, 0.1) is 6.92 Å². The molecule has 0 N–H and O–H groups in total. The maximum Gasteiger partial charge on any atom is 0.0200 e. The Labute approximate surface area is 118 Å². The molecule has 1 heterocycles. The van der Waals surface area contributed by atoms with Crippen LogP contribution in [0.15, 0.2) is 64.9 Å². The summed E-state index contributed by atoms with van der Waals surface area (Å²) in [6, 6.07) is 15.1. The maximum atomic E-state index is 3.99. The molecule has 0 unspecified atom stereocenters. The molecule has 0 aliphatic carbocycles. The zero-order chi connectivity index (χ0) is 13.4. The van der Waals surface area contributed by atoms with Crippen LogP contribution in [0.25, 0.3) is 16.7 Å². The first-order valence-electron chi connectivity index (χ1n) is 6.43. The summed E-state index contributed by atoms with van der Waals surface area (Å²) in [7, 11) is 0. The molecule has 0 nitrogen and oxygen atoms in total. The van der Waals surface area contributed by atoms with Crippen molar-refractivity contribution in [3.8, 4) is 11.1 Å². The fourth-order valence-corrected chi connectivity index (χ4v) is 3.82. The van der Waals surface area contributed by atoms with Gasteiger partial charge in [0.05, 0.1) is 0 Å². The topological polar surface area (TPSA) is 0 Å². The molecule has 0 aromatic heterocycles. The van der Waals surface area contributed by atoms with Gasteiger partial charge in [0, 0.05) is 4.90 Å². The van der Waals surface area contributed by atoms with Gasteiger partial charge >= 0.3 is 0 Å². The summed E-state index contributed by atoms with van der Waals surface area (Å²) in [6.45, 7) is 8.35. The molecule has 94 valence electrons. The van der Waals surface area contributed by atoms with Crippen molar-refractivity contribution in [2.24, 2.45) is 0 Å². The van der Waals surface area contributed by atoms with Crippen LogP contribution in [0.5, 0.6) is 0 Å². The second kappa shape index (κ2) is 4.75. The molecule has 2 aromatic rings. The van der Waals surface area contributed by atoms with Crippen LogP contribution in [0.1, 0.15) is 18.1 Å². The highest BCUT2D eigenvalue weighted by atomic mass is 32.2. The van der Waals surface area contributed by atoms with Crippen LogP contribution in [0.2, 0.25) is 0 Å². The van der Waals surface area contributed by atoms with Gasteiger partial charge in [-0.1, -0.05) is 60.8 Å². The molecular formula is C18H16S. The van der Waals surface area contributed by atoms with Gasteiger partial charge in [-0.2, -0.15) is 0 Å². The summed E-state index contributed by atoms with van der Waals surface area (Å²) in [4.78, 5) is 2.65. The Balaban J connectivity index is 2.42. The summed E-state index contributed by atoms with van der Waals surface area (Å²) in [6.07, 6.45) is 1.97. The number of hydrogen-bond donors (Lipinski definition) is 0. The molecule has 0 bridgehead atoms. The van der Waals surface area contributed by atoms with Crippen LogP contribution in [0.3, 0.4) is 0 Å². The van der Waals surface area contributed by atoms with Crippen LogP contribution in [-0.4, -0.2) is 0 Å². The predicted molar refractivity (Wildman–Crippen MR) is 85.3 cm³/mol. The normalized spacial score (nSPS) is 13.6. The summed E-state index contributed by atoms with van der Waals surface area (Å²) in [5.74, 6) is 0. The van der Waals surface area contributed by atoms with Gasteiger partial charge in [0.1, 0.15) is 0 Å². The van der Waals surface area contributed by atoms with Crippen LogP contribution in [-0.2, 0) is 0 Å². The molecule has 1 aliphatic heterocycles. The van der Waals surface area contributed by atoms with E-state index < -0.39 is 0 Å². The number of hydrogen-bond acceptors (Lipinski definition) is 1. The van der Waals surface area contributed by atoms with E-state index in [2.05, 4.69) is 62.9 Å². The third-order valence-corrected chi connectivity index (χ3v) is 4.65. The van der Waals surface area contributed by atoms with E-state index in [-0.39, 0.29) is 0 Å². The number of benzene rings is 2. The lowest BCUT2D eigenvalue weighted by atomic mass is 9.92. The molecule has 3 rings (SSSR count). The van der Waals surface area contributed by atoms with E-state index in [0.29, 0.717) is 0 Å². The Hall–Kier alpha value is -1.73. The minimum absolute atomic E-state index is 1.25. The van der Waals surface area contributed by atoms with E-state index >= 15 is 0 Å². The van der Waals surface area contributed by atoms with Gasteiger partial charge in [-0.3, -0.25) is 0 Å². The average molecular weight is 264 g/mol. The second-order valence-electron chi connectivity index (χ2n) is 4.77. The average Bonchev–Trinajstić information content (AvgIpc) is 2.52. The van der Waals surface area contributed by atoms with E-state index in [0.717, 1.165) is 0 Å². The SMILES string of the molecule is C=CC1=C(C)Sc2cccc(C)c2-c2ccccc21. The lowest BCUT2D eigenvalue weighted by Crippen LogP contribution is -1.89. The molecule has 1 heteroatoms. The first-order valence-corrected chi connectivity index (χ1v) is 7.24. The maximum absolute atomic E-state index is 3.99. The highest BCUT2D eigenvalue weighted by Crippen LogP contribution is 2.46. The van der Waals surface area contributed by atoms with E-state index in [4.69, 9.17) is 0 Å². The van der Waals surface area contributed by atoms with Crippen LogP contribution in [0.4, 0.5) is 0 Å². The lowest BCUT2D eigenvalue weighted by Gasteiger charge is -2.12. The van der Waals surface area contributed by atoms with E-state index in [1.54, 1.807) is 0 Å². The van der Waals surface area contributed by atoms with Gasteiger partial charge < -0.3 is 0 Å². The highest BCUT2D eigenvalue weighted by molar-refractivity contribution is 8.03. The Morgan fingerprint density at radius 3 is 2.42 bits per heavy atom. The number of allylic oxidation sites excluding steroid dienone is 3. The lowest BCUT2D eigenvalue weighted by molar-refractivity contribution is 1.36. The molecule has 0 spiro atoms. The Morgan fingerprint density at radius 1 is 0.947 bits per heavy atom. The first-order chi connectivity index (χ1) is 9.22. The van der Waals surface area contributed by atoms with Gasteiger partial charge in [-0.25, -0.2) is 0 Å². The second-order valence-corrected chi connectivity index (χ2v) is 6.03. The standard InChI is InChI=1S/C18H16S/c1-4-14-13(3)19-17-11-7-8-12(2)18(17)16-10-6-5-9-15(14)16/h4-11H,1H2,2-3H3. The number of aryl methyl sites for hydroxylation is 1. The number of rotatable bonds is 1. The largest absolute Gasteiger partial charge is 0.0984 e. The summed E-state index contributed by atoms with van der Waals surface area (Å²) >= 11 is 1.84. The van der Waals surface area contributed by atoms with E-state index in [1.165, 1.54) is 37.6 Å². The van der Waals surface area contributed by atoms with Gasteiger partial charge in [-0.15, -0.1) is 0 Å². The quantitative estimate of drug-likeness (QED) is 0.638. The van der Waals surface area contributed by atoms with Crippen molar-refractivity contribution in [3.63, 3.8) is 0 Å². The first kappa shape index (κ1) is 12.3. The number of thioether (sulfide) groups is 1. The molecule has 0 saturated carbocycles. The van der Waals surface area contributed by atoms with Gasteiger partial charge in [0.15, 0.2) is 0 Å². The fourth-order valence-electron chi connectivity index (χ4n) is 2.67. The van der Waals surface area contributed by atoms with Gasteiger partial charge in [-0.05, 0) is 52.6 Å². The minimum Gasteiger partial charge on any atom is -0.0984 e. The van der Waals surface area contributed by atoms with Crippen molar-refractivity contribution in [3.05, 3.63) is 71.2 Å². The molecule has 0 amide bonds. The van der Waals surface area contributed by atoms with Crippen molar-refractivity contribution in [1.29, 1.82) is 0 Å². The van der Waals surface area contributed by atoms with Crippen LogP contribution >= 0.6 is 11.8 Å². The Bertz CT molecular complexity index is 693. The molecular weight excluding hydrogens is 248 g/mol. The molecule has 0 atom stereocenters. The molecule has 0 saturated heterocycles. The zero-order valence-electron chi connectivity index (χ0n) is 11.2. The summed E-state index contributed by atoms with van der Waals surface area (Å²) in [5.41, 5.74) is 6.54. The van der Waals surface area contributed by atoms with Crippen molar-refractivity contribution in [2.75, 3.05) is 0 Å². The van der Waals surface area contributed by atoms with Crippen molar-refractivity contribution in [1.82, 2.24) is 0 Å². The van der Waals surface area contributed by atoms with E-state index in [9.17, 15) is 0 Å². The molecule has 19 heavy (non-hydrogen) atoms. The van der Waals surface area contributed by atoms with E-state index in [1.807, 2.05) is 17.8 Å². The van der Waals surface area contributed by atoms with Crippen molar-refractivity contribution < 1.29 is 0 Å². The van der Waals surface area contributed by atoms with Crippen molar-refractivity contribution >= 4 is 17.3 Å².